The highest BCUT2D eigenvalue weighted by Crippen LogP contribution is 2.46. The first-order chi connectivity index (χ1) is 15.5. The molecule has 0 N–H and O–H groups in total. The van der Waals surface area contributed by atoms with Gasteiger partial charge in [-0.15, -0.1) is 11.3 Å². The van der Waals surface area contributed by atoms with Crippen molar-refractivity contribution in [3.63, 3.8) is 0 Å². The second-order valence-electron chi connectivity index (χ2n) is 9.25. The Balaban J connectivity index is 2.01. The third-order valence-corrected chi connectivity index (χ3v) is 9.43. The van der Waals surface area contributed by atoms with Gasteiger partial charge in [-0.2, -0.15) is 0 Å². The fraction of sp³-hybridized carbons (Fsp3) is 0.840. The number of rotatable bonds is 16. The third-order valence-electron chi connectivity index (χ3n) is 6.40. The molecule has 4 nitrogen and oxygen atoms in total. The minimum absolute atomic E-state index is 0.283. The molecule has 1 aliphatic heterocycles. The highest BCUT2D eigenvalue weighted by molar-refractivity contribution is 14.1. The van der Waals surface area contributed by atoms with Crippen molar-refractivity contribution in [2.24, 2.45) is 17.3 Å². The summed E-state index contributed by atoms with van der Waals surface area (Å²) in [6.07, 6.45) is 9.85. The molecule has 0 saturated heterocycles. The van der Waals surface area contributed by atoms with Gasteiger partial charge in [-0.25, -0.2) is 0 Å². The summed E-state index contributed by atoms with van der Waals surface area (Å²) in [6.45, 7) is 13.0. The summed E-state index contributed by atoms with van der Waals surface area (Å²) in [7, 11) is 0. The van der Waals surface area contributed by atoms with E-state index in [1.165, 1.54) is 51.4 Å². The molecule has 0 fully saturated rings. The van der Waals surface area contributed by atoms with Gasteiger partial charge < -0.3 is 18.9 Å². The van der Waals surface area contributed by atoms with E-state index in [0.717, 1.165) is 30.5 Å². The van der Waals surface area contributed by atoms with Gasteiger partial charge in [0, 0.05) is 13.2 Å². The lowest BCUT2D eigenvalue weighted by Gasteiger charge is -2.32. The average molecular weight is 692 g/mol. The van der Waals surface area contributed by atoms with Crippen LogP contribution in [0.25, 0.3) is 0 Å². The van der Waals surface area contributed by atoms with Crippen molar-refractivity contribution in [1.29, 1.82) is 0 Å². The highest BCUT2D eigenvalue weighted by Gasteiger charge is 2.38. The van der Waals surface area contributed by atoms with Crippen molar-refractivity contribution < 1.29 is 18.9 Å². The molecule has 0 aliphatic carbocycles. The van der Waals surface area contributed by atoms with Crippen LogP contribution in [0.4, 0.5) is 0 Å². The van der Waals surface area contributed by atoms with Crippen LogP contribution in [0, 0.1) is 23.0 Å². The predicted molar refractivity (Wildman–Crippen MR) is 151 cm³/mol. The van der Waals surface area contributed by atoms with Crippen molar-refractivity contribution >= 4 is 56.5 Å². The van der Waals surface area contributed by atoms with Crippen LogP contribution in [0.1, 0.15) is 79.1 Å². The average Bonchev–Trinajstić information content (AvgIpc) is 2.95. The molecule has 2 atom stereocenters. The summed E-state index contributed by atoms with van der Waals surface area (Å²) in [4.78, 5) is 0. The van der Waals surface area contributed by atoms with E-state index in [1.807, 2.05) is 0 Å². The van der Waals surface area contributed by atoms with Crippen LogP contribution in [0.5, 0.6) is 11.5 Å². The zero-order valence-corrected chi connectivity index (χ0v) is 25.5. The zero-order chi connectivity index (χ0) is 23.4. The van der Waals surface area contributed by atoms with E-state index >= 15 is 0 Å². The summed E-state index contributed by atoms with van der Waals surface area (Å²) in [5.41, 5.74) is -0.283. The lowest BCUT2D eigenvalue weighted by molar-refractivity contribution is -0.0716. The summed E-state index contributed by atoms with van der Waals surface area (Å²) >= 11 is 6.42. The van der Waals surface area contributed by atoms with Gasteiger partial charge in [0.05, 0.1) is 18.6 Å². The summed E-state index contributed by atoms with van der Waals surface area (Å²) < 4.78 is 27.6. The zero-order valence-electron chi connectivity index (χ0n) is 20.4. The quantitative estimate of drug-likeness (QED) is 0.164. The van der Waals surface area contributed by atoms with Crippen molar-refractivity contribution in [2.45, 2.75) is 79.1 Å². The molecular weight excluding hydrogens is 650 g/mol. The van der Waals surface area contributed by atoms with Crippen molar-refractivity contribution in [1.82, 2.24) is 0 Å². The van der Waals surface area contributed by atoms with Gasteiger partial charge in [0.1, 0.15) is 19.0 Å². The standard InChI is InChI=1S/C25H42I2O4S/c1-5-9-11-19(7-3)13-28-15-25(16-29-14-20(8-4)12-10-6-2)17-30-21-22(31-18-25)24(27)32-23(21)26/h19-20H,5-18H2,1-4H3. The Morgan fingerprint density at radius 2 is 1.25 bits per heavy atom. The number of hydrogen-bond donors (Lipinski definition) is 0. The van der Waals surface area contributed by atoms with E-state index in [9.17, 15) is 0 Å². The molecule has 2 rings (SSSR count). The molecule has 0 aromatic carbocycles. The molecular formula is C25H42I2O4S. The van der Waals surface area contributed by atoms with Gasteiger partial charge in [0.15, 0.2) is 11.5 Å². The van der Waals surface area contributed by atoms with Crippen LogP contribution in [0.15, 0.2) is 0 Å². The fourth-order valence-electron chi connectivity index (χ4n) is 3.98. The molecule has 2 unspecified atom stereocenters. The minimum Gasteiger partial charge on any atom is -0.487 e. The fourth-order valence-corrected chi connectivity index (χ4v) is 8.01. The summed E-state index contributed by atoms with van der Waals surface area (Å²) in [5, 5.41) is 0. The number of thiophene rings is 1. The van der Waals surface area contributed by atoms with Gasteiger partial charge in [0.2, 0.25) is 0 Å². The van der Waals surface area contributed by atoms with Gasteiger partial charge in [-0.1, -0.05) is 66.2 Å². The van der Waals surface area contributed by atoms with Gasteiger partial charge >= 0.3 is 0 Å². The van der Waals surface area contributed by atoms with E-state index < -0.39 is 0 Å². The molecule has 0 amide bonds. The Morgan fingerprint density at radius 1 is 0.812 bits per heavy atom. The molecule has 1 aromatic rings. The number of unbranched alkanes of at least 4 members (excludes halogenated alkanes) is 2. The van der Waals surface area contributed by atoms with Gasteiger partial charge in [-0.05, 0) is 69.9 Å². The lowest BCUT2D eigenvalue weighted by atomic mass is 9.91. The Morgan fingerprint density at radius 3 is 1.62 bits per heavy atom. The number of hydrogen-bond acceptors (Lipinski definition) is 5. The molecule has 0 radical (unpaired) electrons. The summed E-state index contributed by atoms with van der Waals surface area (Å²) in [5.74, 6) is 3.04. The van der Waals surface area contributed by atoms with E-state index in [2.05, 4.69) is 72.9 Å². The van der Waals surface area contributed by atoms with Crippen LogP contribution in [0.3, 0.4) is 0 Å². The molecule has 0 bridgehead atoms. The second-order valence-corrected chi connectivity index (χ2v) is 13.9. The number of ether oxygens (including phenoxy) is 4. The largest absolute Gasteiger partial charge is 0.487 e. The van der Waals surface area contributed by atoms with Crippen molar-refractivity contribution in [3.05, 3.63) is 5.77 Å². The molecule has 0 saturated carbocycles. The van der Waals surface area contributed by atoms with E-state index in [0.29, 0.717) is 38.3 Å². The molecule has 186 valence electrons. The smallest absolute Gasteiger partial charge is 0.186 e. The maximum Gasteiger partial charge on any atom is 0.186 e. The van der Waals surface area contributed by atoms with Gasteiger partial charge in [0.25, 0.3) is 0 Å². The number of halogens is 2. The molecule has 32 heavy (non-hydrogen) atoms. The monoisotopic (exact) mass is 692 g/mol. The Labute approximate surface area is 227 Å². The maximum atomic E-state index is 6.33. The molecule has 1 aliphatic rings. The van der Waals surface area contributed by atoms with Gasteiger partial charge in [-0.3, -0.25) is 0 Å². The van der Waals surface area contributed by atoms with E-state index in [4.69, 9.17) is 18.9 Å². The normalized spacial score (nSPS) is 17.2. The Kier molecular flexibility index (Phi) is 14.1. The predicted octanol–water partition coefficient (Wildman–Crippen LogP) is 8.18. The molecule has 7 heteroatoms. The highest BCUT2D eigenvalue weighted by atomic mass is 127. The Bertz CT molecular complexity index is 600. The lowest BCUT2D eigenvalue weighted by Crippen LogP contribution is -2.43. The topological polar surface area (TPSA) is 36.9 Å². The van der Waals surface area contributed by atoms with E-state index in [-0.39, 0.29) is 5.41 Å². The summed E-state index contributed by atoms with van der Waals surface area (Å²) in [6, 6.07) is 0. The van der Waals surface area contributed by atoms with Crippen LogP contribution < -0.4 is 9.47 Å². The van der Waals surface area contributed by atoms with Crippen molar-refractivity contribution in [2.75, 3.05) is 39.6 Å². The van der Waals surface area contributed by atoms with E-state index in [1.54, 1.807) is 11.3 Å². The number of fused-ring (bicyclic) bond motifs is 1. The second kappa shape index (κ2) is 15.6. The molecule has 1 aromatic heterocycles. The van der Waals surface area contributed by atoms with Crippen LogP contribution in [-0.2, 0) is 9.47 Å². The first-order valence-electron chi connectivity index (χ1n) is 12.4. The van der Waals surface area contributed by atoms with Crippen molar-refractivity contribution in [3.8, 4) is 11.5 Å². The third kappa shape index (κ3) is 9.04. The van der Waals surface area contributed by atoms with Crippen LogP contribution in [-0.4, -0.2) is 39.6 Å². The van der Waals surface area contributed by atoms with Crippen LogP contribution >= 0.6 is 56.5 Å². The molecule has 2 heterocycles. The van der Waals surface area contributed by atoms with Crippen LogP contribution in [0.2, 0.25) is 0 Å². The minimum atomic E-state index is -0.283. The first kappa shape index (κ1) is 28.9. The first-order valence-corrected chi connectivity index (χ1v) is 15.3. The molecule has 0 spiro atoms. The Hall–Kier alpha value is 0.680. The SMILES string of the molecule is CCCCC(CC)COCC1(COCC(CC)CCCC)COc2c(I)sc(I)c2OC1. The maximum absolute atomic E-state index is 6.33.